The first kappa shape index (κ1) is 12.7. The van der Waals surface area contributed by atoms with Crippen LogP contribution >= 0.6 is 23.4 Å². The second-order valence-electron chi connectivity index (χ2n) is 4.47. The van der Waals surface area contributed by atoms with Crippen LogP contribution in [0, 0.1) is 6.92 Å². The molecule has 0 aromatic carbocycles. The zero-order valence-corrected chi connectivity index (χ0v) is 11.5. The number of nitrogens with one attached hydrogen (secondary N) is 1. The van der Waals surface area contributed by atoms with Gasteiger partial charge in [-0.3, -0.25) is 4.79 Å². The van der Waals surface area contributed by atoms with Gasteiger partial charge in [-0.15, -0.1) is 11.8 Å². The van der Waals surface area contributed by atoms with Crippen molar-refractivity contribution >= 4 is 35.0 Å². The third-order valence-electron chi connectivity index (χ3n) is 2.97. The summed E-state index contributed by atoms with van der Waals surface area (Å²) in [5.74, 6) is 1.12. The standard InChI is InChI=1S/C12H15ClN2OS/c1-8-6-9(7-14-10(8)13)15-11(16)12(2)4-3-5-17-12/h6-7H,3-5H2,1-2H3,(H,15,16). The van der Waals surface area contributed by atoms with Crippen LogP contribution < -0.4 is 5.32 Å². The number of nitrogens with zero attached hydrogens (tertiary/aromatic N) is 1. The fraction of sp³-hybridized carbons (Fsp3) is 0.500. The highest BCUT2D eigenvalue weighted by Crippen LogP contribution is 2.38. The van der Waals surface area contributed by atoms with Crippen LogP contribution in [0.3, 0.4) is 0 Å². The van der Waals surface area contributed by atoms with Gasteiger partial charge < -0.3 is 5.32 Å². The summed E-state index contributed by atoms with van der Waals surface area (Å²) in [5, 5.41) is 3.39. The summed E-state index contributed by atoms with van der Waals surface area (Å²) in [4.78, 5) is 16.2. The molecular weight excluding hydrogens is 256 g/mol. The fourth-order valence-corrected chi connectivity index (χ4v) is 3.16. The van der Waals surface area contributed by atoms with E-state index in [1.807, 2.05) is 19.9 Å². The van der Waals surface area contributed by atoms with Crippen LogP contribution in [0.25, 0.3) is 0 Å². The maximum Gasteiger partial charge on any atom is 0.240 e. The highest BCUT2D eigenvalue weighted by atomic mass is 35.5. The molecule has 17 heavy (non-hydrogen) atoms. The van der Waals surface area contributed by atoms with Crippen LogP contribution in [0.4, 0.5) is 5.69 Å². The highest BCUT2D eigenvalue weighted by molar-refractivity contribution is 8.01. The predicted molar refractivity (Wildman–Crippen MR) is 72.7 cm³/mol. The number of pyridine rings is 1. The quantitative estimate of drug-likeness (QED) is 0.839. The minimum absolute atomic E-state index is 0.0588. The number of hydrogen-bond acceptors (Lipinski definition) is 3. The number of carbonyl (C=O) groups excluding carboxylic acids is 1. The van der Waals surface area contributed by atoms with Gasteiger partial charge in [0, 0.05) is 0 Å². The molecule has 92 valence electrons. The summed E-state index contributed by atoms with van der Waals surface area (Å²) in [7, 11) is 0. The Morgan fingerprint density at radius 1 is 1.65 bits per heavy atom. The van der Waals surface area contributed by atoms with E-state index in [0.29, 0.717) is 10.8 Å². The Kier molecular flexibility index (Phi) is 3.64. The smallest absolute Gasteiger partial charge is 0.240 e. The molecule has 1 aliphatic rings. The van der Waals surface area contributed by atoms with E-state index in [1.54, 1.807) is 18.0 Å². The van der Waals surface area contributed by atoms with Crippen molar-refractivity contribution in [3.63, 3.8) is 0 Å². The fourth-order valence-electron chi connectivity index (χ4n) is 1.85. The predicted octanol–water partition coefficient (Wildman–Crippen LogP) is 3.27. The summed E-state index contributed by atoms with van der Waals surface area (Å²) >= 11 is 7.56. The molecule has 0 aliphatic carbocycles. The van der Waals surface area contributed by atoms with E-state index in [4.69, 9.17) is 11.6 Å². The summed E-state index contributed by atoms with van der Waals surface area (Å²) < 4.78 is -0.298. The maximum atomic E-state index is 12.1. The molecule has 0 bridgehead atoms. The number of anilines is 1. The first-order valence-corrected chi connectivity index (χ1v) is 6.95. The van der Waals surface area contributed by atoms with Crippen molar-refractivity contribution in [1.29, 1.82) is 0 Å². The summed E-state index contributed by atoms with van der Waals surface area (Å²) in [6, 6.07) is 1.84. The number of aromatic nitrogens is 1. The van der Waals surface area contributed by atoms with Crippen LogP contribution in [0.2, 0.25) is 5.15 Å². The summed E-state index contributed by atoms with van der Waals surface area (Å²) in [6.45, 7) is 3.87. The van der Waals surface area contributed by atoms with Crippen molar-refractivity contribution in [3.8, 4) is 0 Å². The first-order valence-electron chi connectivity index (χ1n) is 5.59. The van der Waals surface area contributed by atoms with Crippen LogP contribution in [0.1, 0.15) is 25.3 Å². The van der Waals surface area contributed by atoms with Gasteiger partial charge in [-0.05, 0) is 44.1 Å². The SMILES string of the molecule is Cc1cc(NC(=O)C2(C)CCCS2)cnc1Cl. The number of thioether (sulfide) groups is 1. The van der Waals surface area contributed by atoms with Gasteiger partial charge in [0.2, 0.25) is 5.91 Å². The van der Waals surface area contributed by atoms with Crippen molar-refractivity contribution in [2.45, 2.75) is 31.4 Å². The van der Waals surface area contributed by atoms with E-state index in [-0.39, 0.29) is 10.7 Å². The molecule has 1 aromatic heterocycles. The van der Waals surface area contributed by atoms with E-state index in [1.165, 1.54) is 0 Å². The molecular formula is C12H15ClN2OS. The average molecular weight is 271 g/mol. The van der Waals surface area contributed by atoms with Crippen molar-refractivity contribution in [2.24, 2.45) is 0 Å². The number of aryl methyl sites for hydroxylation is 1. The third-order valence-corrected chi connectivity index (χ3v) is 4.89. The van der Waals surface area contributed by atoms with E-state index in [2.05, 4.69) is 10.3 Å². The third kappa shape index (κ3) is 2.75. The Morgan fingerprint density at radius 2 is 2.41 bits per heavy atom. The lowest BCUT2D eigenvalue weighted by molar-refractivity contribution is -0.118. The second-order valence-corrected chi connectivity index (χ2v) is 6.42. The molecule has 1 aromatic rings. The van der Waals surface area contributed by atoms with Gasteiger partial charge in [-0.25, -0.2) is 4.98 Å². The lowest BCUT2D eigenvalue weighted by Crippen LogP contribution is -2.34. The molecule has 1 amide bonds. The van der Waals surface area contributed by atoms with Crippen LogP contribution in [-0.2, 0) is 4.79 Å². The number of hydrogen-bond donors (Lipinski definition) is 1. The molecule has 2 heterocycles. The molecule has 1 fully saturated rings. The number of carbonyl (C=O) groups is 1. The summed E-state index contributed by atoms with van der Waals surface area (Å²) in [6.07, 6.45) is 3.63. The van der Waals surface area contributed by atoms with Crippen molar-refractivity contribution in [2.75, 3.05) is 11.1 Å². The molecule has 0 saturated carbocycles. The normalized spacial score (nSPS) is 23.7. The topological polar surface area (TPSA) is 42.0 Å². The molecule has 1 atom stereocenters. The molecule has 5 heteroatoms. The minimum Gasteiger partial charge on any atom is -0.324 e. The highest BCUT2D eigenvalue weighted by Gasteiger charge is 2.37. The van der Waals surface area contributed by atoms with Gasteiger partial charge in [0.25, 0.3) is 0 Å². The lowest BCUT2D eigenvalue weighted by atomic mass is 10.0. The second kappa shape index (κ2) is 4.86. The number of amides is 1. The average Bonchev–Trinajstić information content (AvgIpc) is 2.72. The van der Waals surface area contributed by atoms with E-state index < -0.39 is 0 Å². The van der Waals surface area contributed by atoms with Gasteiger partial charge >= 0.3 is 0 Å². The molecule has 2 rings (SSSR count). The van der Waals surface area contributed by atoms with Gasteiger partial charge in [0.05, 0.1) is 16.6 Å². The van der Waals surface area contributed by atoms with E-state index >= 15 is 0 Å². The van der Waals surface area contributed by atoms with Crippen molar-refractivity contribution in [3.05, 3.63) is 23.0 Å². The first-order chi connectivity index (χ1) is 8.01. The molecule has 1 unspecified atom stereocenters. The molecule has 1 N–H and O–H groups in total. The molecule has 0 radical (unpaired) electrons. The molecule has 1 aliphatic heterocycles. The van der Waals surface area contributed by atoms with E-state index in [0.717, 1.165) is 24.2 Å². The maximum absolute atomic E-state index is 12.1. The number of halogens is 1. The Hall–Kier alpha value is -0.740. The zero-order valence-electron chi connectivity index (χ0n) is 9.92. The molecule has 0 spiro atoms. The lowest BCUT2D eigenvalue weighted by Gasteiger charge is -2.21. The van der Waals surface area contributed by atoms with Gasteiger partial charge in [-0.2, -0.15) is 0 Å². The molecule has 3 nitrogen and oxygen atoms in total. The summed E-state index contributed by atoms with van der Waals surface area (Å²) in [5.41, 5.74) is 1.58. The minimum atomic E-state index is -0.298. The van der Waals surface area contributed by atoms with Crippen molar-refractivity contribution < 1.29 is 4.79 Å². The van der Waals surface area contributed by atoms with Crippen LogP contribution in [0.5, 0.6) is 0 Å². The van der Waals surface area contributed by atoms with Crippen molar-refractivity contribution in [1.82, 2.24) is 4.98 Å². The van der Waals surface area contributed by atoms with Crippen LogP contribution in [-0.4, -0.2) is 21.4 Å². The monoisotopic (exact) mass is 270 g/mol. The van der Waals surface area contributed by atoms with Gasteiger partial charge in [-0.1, -0.05) is 11.6 Å². The number of rotatable bonds is 2. The Bertz CT molecular complexity index is 444. The van der Waals surface area contributed by atoms with Crippen LogP contribution in [0.15, 0.2) is 12.3 Å². The molecule has 1 saturated heterocycles. The van der Waals surface area contributed by atoms with Gasteiger partial charge in [0.1, 0.15) is 5.15 Å². The van der Waals surface area contributed by atoms with Gasteiger partial charge in [0.15, 0.2) is 0 Å². The Morgan fingerprint density at radius 3 is 3.00 bits per heavy atom. The zero-order chi connectivity index (χ0) is 12.5. The Labute approximate surface area is 110 Å². The largest absolute Gasteiger partial charge is 0.324 e. The Balaban J connectivity index is 2.10. The van der Waals surface area contributed by atoms with E-state index in [9.17, 15) is 4.79 Å².